The van der Waals surface area contributed by atoms with Crippen LogP contribution in [0.3, 0.4) is 0 Å². The number of rotatable bonds is 2. The Morgan fingerprint density at radius 2 is 2.00 bits per heavy atom. The SMILES string of the molecule is Cc1nc(C2CCc3ccccc3C2)ncc1C(C)Cl. The maximum Gasteiger partial charge on any atom is 0.131 e. The van der Waals surface area contributed by atoms with Crippen molar-refractivity contribution in [2.75, 3.05) is 0 Å². The smallest absolute Gasteiger partial charge is 0.131 e. The highest BCUT2D eigenvalue weighted by Gasteiger charge is 2.22. The molecule has 1 aliphatic carbocycles. The lowest BCUT2D eigenvalue weighted by Gasteiger charge is -2.24. The second-order valence-corrected chi connectivity index (χ2v) is 6.25. The van der Waals surface area contributed by atoms with E-state index in [-0.39, 0.29) is 5.38 Å². The number of halogens is 1. The summed E-state index contributed by atoms with van der Waals surface area (Å²) >= 11 is 6.13. The van der Waals surface area contributed by atoms with E-state index >= 15 is 0 Å². The van der Waals surface area contributed by atoms with E-state index in [0.717, 1.165) is 36.3 Å². The largest absolute Gasteiger partial charge is 0.241 e. The van der Waals surface area contributed by atoms with Gasteiger partial charge in [-0.3, -0.25) is 0 Å². The predicted octanol–water partition coefficient (Wildman–Crippen LogP) is 4.36. The molecule has 0 saturated carbocycles. The highest BCUT2D eigenvalue weighted by atomic mass is 35.5. The standard InChI is InChI=1S/C17H19ClN2/c1-11(18)16-10-19-17(20-12(16)2)15-8-7-13-5-3-4-6-14(13)9-15/h3-6,10-11,15H,7-9H2,1-2H3. The van der Waals surface area contributed by atoms with Gasteiger partial charge in [-0.25, -0.2) is 9.97 Å². The molecule has 2 atom stereocenters. The summed E-state index contributed by atoms with van der Waals surface area (Å²) in [5.74, 6) is 1.40. The number of benzene rings is 1. The first kappa shape index (κ1) is 13.6. The average molecular weight is 287 g/mol. The van der Waals surface area contributed by atoms with Crippen molar-refractivity contribution in [2.45, 2.75) is 44.4 Å². The zero-order valence-corrected chi connectivity index (χ0v) is 12.7. The van der Waals surface area contributed by atoms with Crippen molar-refractivity contribution < 1.29 is 0 Å². The maximum absolute atomic E-state index is 6.13. The second kappa shape index (κ2) is 5.53. The van der Waals surface area contributed by atoms with E-state index in [4.69, 9.17) is 16.6 Å². The van der Waals surface area contributed by atoms with Crippen LogP contribution < -0.4 is 0 Å². The summed E-state index contributed by atoms with van der Waals surface area (Å²) in [7, 11) is 0. The van der Waals surface area contributed by atoms with Crippen molar-refractivity contribution in [2.24, 2.45) is 0 Å². The van der Waals surface area contributed by atoms with E-state index in [1.54, 1.807) is 0 Å². The highest BCUT2D eigenvalue weighted by Crippen LogP contribution is 2.31. The lowest BCUT2D eigenvalue weighted by Crippen LogP contribution is -2.16. The van der Waals surface area contributed by atoms with Gasteiger partial charge in [-0.2, -0.15) is 0 Å². The van der Waals surface area contributed by atoms with Crippen molar-refractivity contribution in [1.29, 1.82) is 0 Å². The predicted molar refractivity (Wildman–Crippen MR) is 82.2 cm³/mol. The average Bonchev–Trinajstić information content (AvgIpc) is 2.46. The summed E-state index contributed by atoms with van der Waals surface area (Å²) in [6.07, 6.45) is 5.20. The molecule has 0 saturated heterocycles. The zero-order chi connectivity index (χ0) is 14.1. The minimum atomic E-state index is -0.0314. The highest BCUT2D eigenvalue weighted by molar-refractivity contribution is 6.20. The fraction of sp³-hybridized carbons (Fsp3) is 0.412. The van der Waals surface area contributed by atoms with Crippen LogP contribution in [-0.4, -0.2) is 9.97 Å². The first-order chi connectivity index (χ1) is 9.65. The van der Waals surface area contributed by atoms with Crippen LogP contribution in [0, 0.1) is 6.92 Å². The molecule has 3 heteroatoms. The van der Waals surface area contributed by atoms with Crippen molar-refractivity contribution in [3.8, 4) is 0 Å². The van der Waals surface area contributed by atoms with Crippen molar-refractivity contribution >= 4 is 11.6 Å². The molecule has 0 spiro atoms. The maximum atomic E-state index is 6.13. The van der Waals surface area contributed by atoms with Crippen molar-refractivity contribution in [1.82, 2.24) is 9.97 Å². The Balaban J connectivity index is 1.86. The van der Waals surface area contributed by atoms with Crippen LogP contribution in [0.5, 0.6) is 0 Å². The molecule has 2 nitrogen and oxygen atoms in total. The Morgan fingerprint density at radius 1 is 1.25 bits per heavy atom. The van der Waals surface area contributed by atoms with Crippen molar-refractivity contribution in [3.63, 3.8) is 0 Å². The third-order valence-corrected chi connectivity index (χ3v) is 4.41. The molecule has 20 heavy (non-hydrogen) atoms. The van der Waals surface area contributed by atoms with Gasteiger partial charge in [-0.05, 0) is 44.2 Å². The van der Waals surface area contributed by atoms with Crippen LogP contribution in [-0.2, 0) is 12.8 Å². The van der Waals surface area contributed by atoms with E-state index in [2.05, 4.69) is 29.2 Å². The van der Waals surface area contributed by atoms with Gasteiger partial charge in [0.2, 0.25) is 0 Å². The minimum Gasteiger partial charge on any atom is -0.241 e. The molecule has 0 radical (unpaired) electrons. The van der Waals surface area contributed by atoms with Gasteiger partial charge in [0.25, 0.3) is 0 Å². The molecule has 104 valence electrons. The molecule has 1 aromatic heterocycles. The van der Waals surface area contributed by atoms with E-state index in [0.29, 0.717) is 5.92 Å². The Morgan fingerprint density at radius 3 is 2.70 bits per heavy atom. The van der Waals surface area contributed by atoms with Gasteiger partial charge in [0.05, 0.1) is 5.38 Å². The zero-order valence-electron chi connectivity index (χ0n) is 11.9. The van der Waals surface area contributed by atoms with Crippen LogP contribution in [0.25, 0.3) is 0 Å². The fourth-order valence-electron chi connectivity index (χ4n) is 3.00. The summed E-state index contributed by atoms with van der Waals surface area (Å²) in [4.78, 5) is 9.26. The number of fused-ring (bicyclic) bond motifs is 1. The van der Waals surface area contributed by atoms with Crippen LogP contribution in [0.1, 0.15) is 52.8 Å². The van der Waals surface area contributed by atoms with E-state index in [9.17, 15) is 0 Å². The Hall–Kier alpha value is -1.41. The fourth-order valence-corrected chi connectivity index (χ4v) is 3.21. The summed E-state index contributed by atoms with van der Waals surface area (Å²) in [6, 6.07) is 8.70. The molecule has 2 aromatic rings. The van der Waals surface area contributed by atoms with Crippen LogP contribution in [0.4, 0.5) is 0 Å². The van der Waals surface area contributed by atoms with Crippen molar-refractivity contribution in [3.05, 3.63) is 58.7 Å². The quantitative estimate of drug-likeness (QED) is 0.767. The van der Waals surface area contributed by atoms with Gasteiger partial charge < -0.3 is 0 Å². The Labute approximate surface area is 125 Å². The molecule has 0 bridgehead atoms. The number of hydrogen-bond acceptors (Lipinski definition) is 2. The molecular weight excluding hydrogens is 268 g/mol. The topological polar surface area (TPSA) is 25.8 Å². The monoisotopic (exact) mass is 286 g/mol. The number of alkyl halides is 1. The number of aromatic nitrogens is 2. The molecule has 1 aromatic carbocycles. The van der Waals surface area contributed by atoms with Crippen LogP contribution in [0.2, 0.25) is 0 Å². The number of hydrogen-bond donors (Lipinski definition) is 0. The molecule has 0 amide bonds. The lowest BCUT2D eigenvalue weighted by molar-refractivity contribution is 0.552. The summed E-state index contributed by atoms with van der Waals surface area (Å²) in [5.41, 5.74) is 4.97. The van der Waals surface area contributed by atoms with Crippen LogP contribution >= 0.6 is 11.6 Å². The van der Waals surface area contributed by atoms with E-state index in [1.165, 1.54) is 11.1 Å². The van der Waals surface area contributed by atoms with Crippen LogP contribution in [0.15, 0.2) is 30.5 Å². The third kappa shape index (κ3) is 2.57. The number of aryl methyl sites for hydroxylation is 2. The molecule has 0 aliphatic heterocycles. The van der Waals surface area contributed by atoms with E-state index < -0.39 is 0 Å². The Bertz CT molecular complexity index is 622. The van der Waals surface area contributed by atoms with Gasteiger partial charge in [0, 0.05) is 23.4 Å². The van der Waals surface area contributed by atoms with Gasteiger partial charge >= 0.3 is 0 Å². The van der Waals surface area contributed by atoms with Gasteiger partial charge in [0.1, 0.15) is 5.82 Å². The molecule has 0 N–H and O–H groups in total. The molecule has 1 heterocycles. The Kier molecular flexibility index (Phi) is 3.75. The van der Waals surface area contributed by atoms with Gasteiger partial charge in [0.15, 0.2) is 0 Å². The lowest BCUT2D eigenvalue weighted by atomic mass is 9.83. The normalized spacial score (nSPS) is 19.4. The minimum absolute atomic E-state index is 0.0314. The first-order valence-electron chi connectivity index (χ1n) is 7.19. The summed E-state index contributed by atoms with van der Waals surface area (Å²) in [5, 5.41) is -0.0314. The molecule has 1 aliphatic rings. The molecule has 0 fully saturated rings. The molecule has 3 rings (SSSR count). The summed E-state index contributed by atoms with van der Waals surface area (Å²) in [6.45, 7) is 3.99. The molecule has 2 unspecified atom stereocenters. The van der Waals surface area contributed by atoms with Gasteiger partial charge in [-0.1, -0.05) is 24.3 Å². The summed E-state index contributed by atoms with van der Waals surface area (Å²) < 4.78 is 0. The first-order valence-corrected chi connectivity index (χ1v) is 7.63. The number of nitrogens with zero attached hydrogens (tertiary/aromatic N) is 2. The van der Waals surface area contributed by atoms with E-state index in [1.807, 2.05) is 20.0 Å². The van der Waals surface area contributed by atoms with Gasteiger partial charge in [-0.15, -0.1) is 11.6 Å². The molecular formula is C17H19ClN2. The second-order valence-electron chi connectivity index (χ2n) is 5.59. The third-order valence-electron chi connectivity index (χ3n) is 4.18.